The highest BCUT2D eigenvalue weighted by Gasteiger charge is 2.30. The standard InChI is InChI=1S/C16H13F3N4O3/c17-16(18,19)10-3-4-14(22-9-10)20-5-6-21-15(24)11-8-13(26-23-11)12-2-1-7-25-12/h1-4,7-9H,5-6H2,(H,20,22)(H,21,24). The Labute approximate surface area is 145 Å². The van der Waals surface area contributed by atoms with E-state index in [1.165, 1.54) is 18.4 Å². The minimum absolute atomic E-state index is 0.0871. The van der Waals surface area contributed by atoms with Gasteiger partial charge in [0.05, 0.1) is 11.8 Å². The molecule has 0 saturated heterocycles. The molecule has 0 saturated carbocycles. The molecular weight excluding hydrogens is 353 g/mol. The van der Waals surface area contributed by atoms with Gasteiger partial charge < -0.3 is 19.6 Å². The molecule has 136 valence electrons. The summed E-state index contributed by atoms with van der Waals surface area (Å²) in [6.07, 6.45) is -2.21. The van der Waals surface area contributed by atoms with Gasteiger partial charge in [0.25, 0.3) is 5.91 Å². The number of nitrogens with one attached hydrogen (secondary N) is 2. The van der Waals surface area contributed by atoms with Crippen LogP contribution in [0.15, 0.2) is 51.7 Å². The van der Waals surface area contributed by atoms with Crippen LogP contribution in [0.5, 0.6) is 0 Å². The van der Waals surface area contributed by atoms with E-state index in [9.17, 15) is 18.0 Å². The van der Waals surface area contributed by atoms with E-state index in [0.717, 1.165) is 12.3 Å². The topological polar surface area (TPSA) is 93.2 Å². The van der Waals surface area contributed by atoms with Gasteiger partial charge in [0.1, 0.15) is 5.82 Å². The highest BCUT2D eigenvalue weighted by molar-refractivity contribution is 5.92. The van der Waals surface area contributed by atoms with Crippen LogP contribution in [0.25, 0.3) is 11.5 Å². The van der Waals surface area contributed by atoms with Gasteiger partial charge >= 0.3 is 6.18 Å². The molecule has 0 radical (unpaired) electrons. The van der Waals surface area contributed by atoms with Gasteiger partial charge in [-0.05, 0) is 24.3 Å². The number of hydrogen-bond acceptors (Lipinski definition) is 6. The average Bonchev–Trinajstić information content (AvgIpc) is 3.29. The fourth-order valence-corrected chi connectivity index (χ4v) is 2.04. The van der Waals surface area contributed by atoms with Crippen molar-refractivity contribution in [2.75, 3.05) is 18.4 Å². The van der Waals surface area contributed by atoms with E-state index < -0.39 is 17.6 Å². The maximum absolute atomic E-state index is 12.4. The number of aromatic nitrogens is 2. The first-order valence-electron chi connectivity index (χ1n) is 7.49. The largest absolute Gasteiger partial charge is 0.461 e. The molecule has 0 aliphatic heterocycles. The van der Waals surface area contributed by atoms with Crippen LogP contribution < -0.4 is 10.6 Å². The van der Waals surface area contributed by atoms with Crippen molar-refractivity contribution in [2.24, 2.45) is 0 Å². The van der Waals surface area contributed by atoms with Crippen molar-refractivity contribution in [3.8, 4) is 11.5 Å². The number of pyridine rings is 1. The van der Waals surface area contributed by atoms with E-state index >= 15 is 0 Å². The van der Waals surface area contributed by atoms with Crippen LogP contribution in [0.4, 0.5) is 19.0 Å². The molecule has 3 aromatic rings. The molecule has 0 unspecified atom stereocenters. The SMILES string of the molecule is O=C(NCCNc1ccc(C(F)(F)F)cn1)c1cc(-c2ccco2)on1. The molecule has 3 rings (SSSR count). The van der Waals surface area contributed by atoms with Crippen LogP contribution >= 0.6 is 0 Å². The quantitative estimate of drug-likeness (QED) is 0.651. The first-order chi connectivity index (χ1) is 12.4. The number of nitrogens with zero attached hydrogens (tertiary/aromatic N) is 2. The number of carbonyl (C=O) groups excluding carboxylic acids is 1. The molecule has 0 fully saturated rings. The third-order valence-corrected chi connectivity index (χ3v) is 3.31. The molecule has 0 aromatic carbocycles. The molecule has 1 amide bonds. The van der Waals surface area contributed by atoms with Crippen LogP contribution in [0.1, 0.15) is 16.1 Å². The lowest BCUT2D eigenvalue weighted by Crippen LogP contribution is -2.29. The van der Waals surface area contributed by atoms with Gasteiger partial charge in [-0.25, -0.2) is 4.98 Å². The zero-order valence-corrected chi connectivity index (χ0v) is 13.2. The summed E-state index contributed by atoms with van der Waals surface area (Å²) in [5, 5.41) is 9.06. The monoisotopic (exact) mass is 366 g/mol. The van der Waals surface area contributed by atoms with Crippen molar-refractivity contribution in [3.05, 3.63) is 54.0 Å². The summed E-state index contributed by atoms with van der Waals surface area (Å²) < 4.78 is 47.5. The number of rotatable bonds is 6. The van der Waals surface area contributed by atoms with Gasteiger partial charge in [0.15, 0.2) is 11.5 Å². The van der Waals surface area contributed by atoms with Crippen molar-refractivity contribution in [1.82, 2.24) is 15.5 Å². The second kappa shape index (κ2) is 7.30. The van der Waals surface area contributed by atoms with Gasteiger partial charge in [-0.1, -0.05) is 5.16 Å². The number of halogens is 3. The van der Waals surface area contributed by atoms with Gasteiger partial charge in [-0.15, -0.1) is 0 Å². The van der Waals surface area contributed by atoms with E-state index in [1.807, 2.05) is 0 Å². The normalized spacial score (nSPS) is 11.3. The Morgan fingerprint density at radius 1 is 1.15 bits per heavy atom. The third kappa shape index (κ3) is 4.21. The van der Waals surface area contributed by atoms with Gasteiger partial charge in [-0.3, -0.25) is 4.79 Å². The van der Waals surface area contributed by atoms with E-state index in [1.54, 1.807) is 12.1 Å². The Morgan fingerprint density at radius 2 is 2.00 bits per heavy atom. The Balaban J connectivity index is 1.45. The van der Waals surface area contributed by atoms with Gasteiger partial charge in [0, 0.05) is 25.4 Å². The van der Waals surface area contributed by atoms with E-state index in [-0.39, 0.29) is 24.6 Å². The van der Waals surface area contributed by atoms with Gasteiger partial charge in [0.2, 0.25) is 5.76 Å². The smallest absolute Gasteiger partial charge is 0.417 e. The summed E-state index contributed by atoms with van der Waals surface area (Å²) in [6.45, 7) is 0.484. The second-order valence-corrected chi connectivity index (χ2v) is 5.17. The molecule has 0 atom stereocenters. The number of anilines is 1. The lowest BCUT2D eigenvalue weighted by molar-refractivity contribution is -0.137. The van der Waals surface area contributed by atoms with Crippen molar-refractivity contribution in [3.63, 3.8) is 0 Å². The Kier molecular flexibility index (Phi) is 4.92. The first-order valence-corrected chi connectivity index (χ1v) is 7.49. The van der Waals surface area contributed by atoms with Crippen LogP contribution in [-0.2, 0) is 6.18 Å². The third-order valence-electron chi connectivity index (χ3n) is 3.31. The predicted octanol–water partition coefficient (Wildman–Crippen LogP) is 3.19. The number of alkyl halides is 3. The van der Waals surface area contributed by atoms with Crippen LogP contribution in [0.2, 0.25) is 0 Å². The zero-order valence-electron chi connectivity index (χ0n) is 13.2. The van der Waals surface area contributed by atoms with Crippen LogP contribution in [0.3, 0.4) is 0 Å². The summed E-state index contributed by atoms with van der Waals surface area (Å²) in [6, 6.07) is 6.94. The van der Waals surface area contributed by atoms with Crippen molar-refractivity contribution in [2.45, 2.75) is 6.18 Å². The van der Waals surface area contributed by atoms with Crippen molar-refractivity contribution < 1.29 is 26.9 Å². The molecule has 2 N–H and O–H groups in total. The highest BCUT2D eigenvalue weighted by atomic mass is 19.4. The lowest BCUT2D eigenvalue weighted by atomic mass is 10.3. The van der Waals surface area contributed by atoms with E-state index in [4.69, 9.17) is 8.94 Å². The molecule has 3 aromatic heterocycles. The summed E-state index contributed by atoms with van der Waals surface area (Å²) in [5.41, 5.74) is -0.737. The molecule has 0 bridgehead atoms. The number of furan rings is 1. The number of carbonyl (C=O) groups is 1. The Morgan fingerprint density at radius 3 is 2.65 bits per heavy atom. The molecule has 7 nitrogen and oxygen atoms in total. The second-order valence-electron chi connectivity index (χ2n) is 5.17. The summed E-state index contributed by atoms with van der Waals surface area (Å²) in [7, 11) is 0. The zero-order chi connectivity index (χ0) is 18.6. The maximum atomic E-state index is 12.4. The molecule has 0 aliphatic rings. The fraction of sp³-hybridized carbons (Fsp3) is 0.188. The van der Waals surface area contributed by atoms with E-state index in [2.05, 4.69) is 20.8 Å². The minimum atomic E-state index is -4.43. The fourth-order valence-electron chi connectivity index (χ4n) is 2.04. The molecule has 0 aliphatic carbocycles. The molecule has 10 heteroatoms. The molecule has 26 heavy (non-hydrogen) atoms. The summed E-state index contributed by atoms with van der Waals surface area (Å²) in [4.78, 5) is 15.6. The Bertz CT molecular complexity index is 858. The van der Waals surface area contributed by atoms with Crippen LogP contribution in [-0.4, -0.2) is 29.1 Å². The van der Waals surface area contributed by atoms with Crippen molar-refractivity contribution >= 4 is 11.7 Å². The van der Waals surface area contributed by atoms with Gasteiger partial charge in [-0.2, -0.15) is 13.2 Å². The summed E-state index contributed by atoms with van der Waals surface area (Å²) in [5.74, 6) is 0.598. The Hall–Kier alpha value is -3.30. The minimum Gasteiger partial charge on any atom is -0.461 e. The number of amides is 1. The first kappa shape index (κ1) is 17.5. The van der Waals surface area contributed by atoms with Crippen LogP contribution in [0, 0.1) is 0 Å². The molecule has 0 spiro atoms. The van der Waals surface area contributed by atoms with Crippen molar-refractivity contribution in [1.29, 1.82) is 0 Å². The molecular formula is C16H13F3N4O3. The number of hydrogen-bond donors (Lipinski definition) is 2. The molecule has 3 heterocycles. The predicted molar refractivity (Wildman–Crippen MR) is 84.3 cm³/mol. The highest BCUT2D eigenvalue weighted by Crippen LogP contribution is 2.28. The summed E-state index contributed by atoms with van der Waals surface area (Å²) >= 11 is 0. The van der Waals surface area contributed by atoms with E-state index in [0.29, 0.717) is 11.5 Å². The average molecular weight is 366 g/mol. The maximum Gasteiger partial charge on any atom is 0.417 e. The lowest BCUT2D eigenvalue weighted by Gasteiger charge is -2.08.